The van der Waals surface area contributed by atoms with E-state index in [4.69, 9.17) is 0 Å². The molecule has 2 aliphatic rings. The standard InChI is InChI=1S/C20H35N5OS/c1-24-20(21-22-23-24)27-16-10-15-19(26)25(18-13-8-5-9-14-18)17-11-6-3-2-4-7-12-17/h17-18H,2-16H2,1H3. The van der Waals surface area contributed by atoms with E-state index in [9.17, 15) is 4.79 Å². The molecule has 0 atom stereocenters. The van der Waals surface area contributed by atoms with Crippen LogP contribution >= 0.6 is 11.8 Å². The van der Waals surface area contributed by atoms with E-state index in [0.29, 0.717) is 24.4 Å². The van der Waals surface area contributed by atoms with Gasteiger partial charge in [0.05, 0.1) is 0 Å². The summed E-state index contributed by atoms with van der Waals surface area (Å²) in [6.07, 6.45) is 16.9. The van der Waals surface area contributed by atoms with Crippen molar-refractivity contribution in [2.24, 2.45) is 7.05 Å². The number of nitrogens with zero attached hydrogens (tertiary/aromatic N) is 5. The van der Waals surface area contributed by atoms with Crippen LogP contribution in [0.25, 0.3) is 0 Å². The summed E-state index contributed by atoms with van der Waals surface area (Å²) < 4.78 is 1.69. The average Bonchev–Trinajstić information content (AvgIpc) is 3.06. The number of tetrazole rings is 1. The fourth-order valence-corrected chi connectivity index (χ4v) is 5.43. The highest BCUT2D eigenvalue weighted by atomic mass is 32.2. The molecule has 0 aliphatic heterocycles. The highest BCUT2D eigenvalue weighted by Crippen LogP contribution is 2.30. The quantitative estimate of drug-likeness (QED) is 0.509. The normalized spacial score (nSPS) is 20.2. The lowest BCUT2D eigenvalue weighted by molar-refractivity contribution is -0.137. The van der Waals surface area contributed by atoms with Crippen molar-refractivity contribution < 1.29 is 4.79 Å². The number of aryl methyl sites for hydroxylation is 1. The molecule has 0 N–H and O–H groups in total. The number of carbonyl (C=O) groups is 1. The first-order chi connectivity index (χ1) is 13.3. The van der Waals surface area contributed by atoms with Gasteiger partial charge in [0, 0.05) is 31.3 Å². The van der Waals surface area contributed by atoms with Crippen LogP contribution in [-0.4, -0.2) is 48.9 Å². The lowest BCUT2D eigenvalue weighted by Gasteiger charge is -2.41. The molecular weight excluding hydrogens is 358 g/mol. The summed E-state index contributed by atoms with van der Waals surface area (Å²) in [5.41, 5.74) is 0. The van der Waals surface area contributed by atoms with Crippen molar-refractivity contribution in [3.05, 3.63) is 0 Å². The molecule has 1 amide bonds. The summed E-state index contributed by atoms with van der Waals surface area (Å²) in [6, 6.07) is 0.975. The molecule has 0 unspecified atom stereocenters. The smallest absolute Gasteiger partial charge is 0.223 e. The van der Waals surface area contributed by atoms with Crippen LogP contribution in [0.3, 0.4) is 0 Å². The molecule has 1 aromatic heterocycles. The minimum atomic E-state index is 0.393. The second-order valence-electron chi connectivity index (χ2n) is 8.13. The summed E-state index contributed by atoms with van der Waals surface area (Å²) >= 11 is 1.64. The van der Waals surface area contributed by atoms with E-state index >= 15 is 0 Å². The predicted octanol–water partition coefficient (Wildman–Crippen LogP) is 4.36. The predicted molar refractivity (Wildman–Crippen MR) is 109 cm³/mol. The number of thioether (sulfide) groups is 1. The summed E-state index contributed by atoms with van der Waals surface area (Å²) in [7, 11) is 1.85. The molecule has 3 rings (SSSR count). The molecule has 0 saturated heterocycles. The van der Waals surface area contributed by atoms with E-state index in [2.05, 4.69) is 20.4 Å². The lowest BCUT2D eigenvalue weighted by atomic mass is 9.89. The van der Waals surface area contributed by atoms with Crippen molar-refractivity contribution in [1.82, 2.24) is 25.1 Å². The molecule has 1 heterocycles. The Kier molecular flexibility index (Phi) is 8.42. The summed E-state index contributed by atoms with van der Waals surface area (Å²) in [4.78, 5) is 15.6. The monoisotopic (exact) mass is 393 g/mol. The summed E-state index contributed by atoms with van der Waals surface area (Å²) in [6.45, 7) is 0. The Labute approximate surface area is 167 Å². The first kappa shape index (κ1) is 20.6. The SMILES string of the molecule is Cn1nnnc1SCCCC(=O)N(C1CCCCCCC1)C1CCCCC1. The number of amides is 1. The van der Waals surface area contributed by atoms with E-state index in [-0.39, 0.29) is 0 Å². The minimum Gasteiger partial charge on any atom is -0.337 e. The minimum absolute atomic E-state index is 0.393. The van der Waals surface area contributed by atoms with Crippen LogP contribution in [0.2, 0.25) is 0 Å². The Morgan fingerprint density at radius 3 is 2.11 bits per heavy atom. The van der Waals surface area contributed by atoms with Gasteiger partial charge < -0.3 is 4.90 Å². The van der Waals surface area contributed by atoms with Gasteiger partial charge in [0.15, 0.2) is 0 Å². The number of hydrogen-bond donors (Lipinski definition) is 0. The summed E-state index contributed by atoms with van der Waals surface area (Å²) in [5, 5.41) is 12.4. The first-order valence-corrected chi connectivity index (χ1v) is 11.9. The van der Waals surface area contributed by atoms with Gasteiger partial charge in [-0.25, -0.2) is 4.68 Å². The van der Waals surface area contributed by atoms with Crippen molar-refractivity contribution in [2.75, 3.05) is 5.75 Å². The Bertz CT molecular complexity index is 564. The zero-order valence-electron chi connectivity index (χ0n) is 16.8. The molecule has 152 valence electrons. The zero-order chi connectivity index (χ0) is 18.9. The lowest BCUT2D eigenvalue weighted by Crippen LogP contribution is -2.48. The molecule has 2 saturated carbocycles. The Hall–Kier alpha value is -1.11. The van der Waals surface area contributed by atoms with Crippen molar-refractivity contribution in [3.63, 3.8) is 0 Å². The van der Waals surface area contributed by atoms with Crippen LogP contribution in [0.1, 0.15) is 89.9 Å². The van der Waals surface area contributed by atoms with Crippen molar-refractivity contribution >= 4 is 17.7 Å². The van der Waals surface area contributed by atoms with Gasteiger partial charge in [0.1, 0.15) is 0 Å². The van der Waals surface area contributed by atoms with Crippen molar-refractivity contribution in [2.45, 2.75) is 107 Å². The van der Waals surface area contributed by atoms with Crippen LogP contribution in [0.4, 0.5) is 0 Å². The highest BCUT2D eigenvalue weighted by molar-refractivity contribution is 7.99. The van der Waals surface area contributed by atoms with E-state index in [1.807, 2.05) is 7.05 Å². The molecule has 2 aliphatic carbocycles. The van der Waals surface area contributed by atoms with Gasteiger partial charge in [0.25, 0.3) is 0 Å². The van der Waals surface area contributed by atoms with Crippen molar-refractivity contribution in [3.8, 4) is 0 Å². The van der Waals surface area contributed by atoms with Crippen LogP contribution in [-0.2, 0) is 11.8 Å². The molecule has 0 aromatic carbocycles. The molecule has 0 radical (unpaired) electrons. The van der Waals surface area contributed by atoms with Crippen LogP contribution < -0.4 is 0 Å². The molecule has 0 spiro atoms. The fourth-order valence-electron chi connectivity index (χ4n) is 4.64. The zero-order valence-corrected chi connectivity index (χ0v) is 17.6. The number of aromatic nitrogens is 4. The fraction of sp³-hybridized carbons (Fsp3) is 0.900. The molecule has 2 fully saturated rings. The largest absolute Gasteiger partial charge is 0.337 e. The Morgan fingerprint density at radius 1 is 1.00 bits per heavy atom. The maximum absolute atomic E-state index is 13.2. The second-order valence-corrected chi connectivity index (χ2v) is 9.19. The van der Waals surface area contributed by atoms with E-state index in [1.165, 1.54) is 77.0 Å². The average molecular weight is 394 g/mol. The topological polar surface area (TPSA) is 63.9 Å². The number of carbonyl (C=O) groups excluding carboxylic acids is 1. The van der Waals surface area contributed by atoms with Gasteiger partial charge in [0.2, 0.25) is 11.1 Å². The van der Waals surface area contributed by atoms with E-state index < -0.39 is 0 Å². The Balaban J connectivity index is 1.55. The third-order valence-corrected chi connectivity index (χ3v) is 7.17. The van der Waals surface area contributed by atoms with Crippen LogP contribution in [0.5, 0.6) is 0 Å². The second kappa shape index (κ2) is 11.0. The van der Waals surface area contributed by atoms with E-state index in [1.54, 1.807) is 16.4 Å². The van der Waals surface area contributed by atoms with Gasteiger partial charge in [-0.15, -0.1) is 5.10 Å². The van der Waals surface area contributed by atoms with Gasteiger partial charge >= 0.3 is 0 Å². The maximum Gasteiger partial charge on any atom is 0.223 e. The van der Waals surface area contributed by atoms with Crippen LogP contribution in [0.15, 0.2) is 5.16 Å². The first-order valence-electron chi connectivity index (χ1n) is 10.9. The van der Waals surface area contributed by atoms with E-state index in [0.717, 1.165) is 17.3 Å². The molecular formula is C20H35N5OS. The van der Waals surface area contributed by atoms with Crippen molar-refractivity contribution in [1.29, 1.82) is 0 Å². The summed E-state index contributed by atoms with van der Waals surface area (Å²) in [5.74, 6) is 1.28. The molecule has 27 heavy (non-hydrogen) atoms. The Morgan fingerprint density at radius 2 is 1.56 bits per heavy atom. The molecule has 6 nitrogen and oxygen atoms in total. The molecule has 0 bridgehead atoms. The van der Waals surface area contributed by atoms with Gasteiger partial charge in [-0.05, 0) is 42.5 Å². The van der Waals surface area contributed by atoms with Gasteiger partial charge in [-0.3, -0.25) is 4.79 Å². The number of rotatable bonds is 7. The third-order valence-electron chi connectivity index (χ3n) is 6.07. The van der Waals surface area contributed by atoms with Gasteiger partial charge in [-0.2, -0.15) is 0 Å². The van der Waals surface area contributed by atoms with Gasteiger partial charge in [-0.1, -0.05) is 63.1 Å². The number of hydrogen-bond acceptors (Lipinski definition) is 5. The highest BCUT2D eigenvalue weighted by Gasteiger charge is 2.31. The van der Waals surface area contributed by atoms with Crippen LogP contribution in [0, 0.1) is 0 Å². The molecule has 1 aromatic rings. The third kappa shape index (κ3) is 6.19. The maximum atomic E-state index is 13.2. The molecule has 7 heteroatoms.